The van der Waals surface area contributed by atoms with Crippen molar-refractivity contribution in [2.24, 2.45) is 5.92 Å². The van der Waals surface area contributed by atoms with E-state index in [1.165, 1.54) is 11.5 Å². The van der Waals surface area contributed by atoms with Crippen LogP contribution in [0.1, 0.15) is 13.3 Å². The topological polar surface area (TPSA) is 46.9 Å². The van der Waals surface area contributed by atoms with Gasteiger partial charge in [-0.3, -0.25) is 9.48 Å². The summed E-state index contributed by atoms with van der Waals surface area (Å²) in [6, 6.07) is 1.92. The van der Waals surface area contributed by atoms with Crippen molar-refractivity contribution in [2.45, 2.75) is 25.1 Å². The lowest BCUT2D eigenvalue weighted by Gasteiger charge is -2.20. The van der Waals surface area contributed by atoms with Gasteiger partial charge in [0.15, 0.2) is 0 Å². The summed E-state index contributed by atoms with van der Waals surface area (Å²) in [5.41, 5.74) is 0. The van der Waals surface area contributed by atoms with Crippen LogP contribution < -0.4 is 5.32 Å². The van der Waals surface area contributed by atoms with Crippen molar-refractivity contribution in [3.8, 4) is 0 Å². The maximum atomic E-state index is 11.9. The van der Waals surface area contributed by atoms with Crippen molar-refractivity contribution in [3.63, 3.8) is 0 Å². The van der Waals surface area contributed by atoms with E-state index in [2.05, 4.69) is 17.3 Å². The van der Waals surface area contributed by atoms with Gasteiger partial charge in [0.25, 0.3) is 0 Å². The van der Waals surface area contributed by atoms with E-state index >= 15 is 0 Å². The minimum absolute atomic E-state index is 0.187. The van der Waals surface area contributed by atoms with Gasteiger partial charge >= 0.3 is 0 Å². The molecule has 19 heavy (non-hydrogen) atoms. The van der Waals surface area contributed by atoms with Crippen molar-refractivity contribution in [3.05, 3.63) is 18.5 Å². The SMILES string of the molecule is C[C@H](CNC(=O)C[C@H]1CSCCS1)Cn1cccn1. The molecule has 0 radical (unpaired) electrons. The predicted molar refractivity (Wildman–Crippen MR) is 82.6 cm³/mol. The highest BCUT2D eigenvalue weighted by Crippen LogP contribution is 2.26. The molecule has 0 spiro atoms. The molecule has 2 heterocycles. The van der Waals surface area contributed by atoms with Crippen LogP contribution in [-0.4, -0.2) is 44.7 Å². The molecule has 1 fully saturated rings. The lowest BCUT2D eigenvalue weighted by atomic mass is 10.2. The molecular formula is C13H21N3OS2. The summed E-state index contributed by atoms with van der Waals surface area (Å²) in [7, 11) is 0. The highest BCUT2D eigenvalue weighted by atomic mass is 32.2. The summed E-state index contributed by atoms with van der Waals surface area (Å²) in [6.45, 7) is 3.71. The third kappa shape index (κ3) is 5.48. The quantitative estimate of drug-likeness (QED) is 0.871. The lowest BCUT2D eigenvalue weighted by molar-refractivity contribution is -0.121. The molecule has 1 amide bonds. The maximum absolute atomic E-state index is 11.9. The average molecular weight is 299 g/mol. The second kappa shape index (κ2) is 7.85. The van der Waals surface area contributed by atoms with Gasteiger partial charge < -0.3 is 5.32 Å². The van der Waals surface area contributed by atoms with Crippen molar-refractivity contribution in [1.82, 2.24) is 15.1 Å². The van der Waals surface area contributed by atoms with Gasteiger partial charge in [-0.15, -0.1) is 0 Å². The van der Waals surface area contributed by atoms with Crippen LogP contribution in [0.2, 0.25) is 0 Å². The standard InChI is InChI=1S/C13H21N3OS2/c1-11(9-16-4-2-3-15-16)8-14-13(17)7-12-10-18-5-6-19-12/h2-4,11-12H,5-10H2,1H3,(H,14,17)/t11-,12+/m1/s1. The first-order valence-electron chi connectivity index (χ1n) is 6.67. The molecule has 1 saturated heterocycles. The van der Waals surface area contributed by atoms with Gasteiger partial charge in [-0.1, -0.05) is 6.92 Å². The smallest absolute Gasteiger partial charge is 0.221 e. The fourth-order valence-electron chi connectivity index (χ4n) is 2.01. The molecule has 4 nitrogen and oxygen atoms in total. The summed E-state index contributed by atoms with van der Waals surface area (Å²) < 4.78 is 1.91. The molecule has 0 saturated carbocycles. The highest BCUT2D eigenvalue weighted by Gasteiger charge is 2.18. The number of thioether (sulfide) groups is 2. The van der Waals surface area contributed by atoms with Crippen LogP contribution >= 0.6 is 23.5 Å². The Labute approximate surface area is 123 Å². The molecule has 0 aliphatic carbocycles. The first-order valence-corrected chi connectivity index (χ1v) is 8.88. The monoisotopic (exact) mass is 299 g/mol. The van der Waals surface area contributed by atoms with Crippen LogP contribution in [0.5, 0.6) is 0 Å². The van der Waals surface area contributed by atoms with E-state index in [9.17, 15) is 4.79 Å². The molecule has 0 bridgehead atoms. The second-order valence-electron chi connectivity index (χ2n) is 4.91. The fourth-order valence-corrected chi connectivity index (χ4v) is 4.69. The van der Waals surface area contributed by atoms with Crippen LogP contribution in [0.4, 0.5) is 0 Å². The second-order valence-corrected chi connectivity index (χ2v) is 7.47. The number of nitrogens with zero attached hydrogens (tertiary/aromatic N) is 2. The Kier molecular flexibility index (Phi) is 6.10. The number of hydrogen-bond acceptors (Lipinski definition) is 4. The Morgan fingerprint density at radius 3 is 3.16 bits per heavy atom. The molecule has 2 rings (SSSR count). The number of carbonyl (C=O) groups excluding carboxylic acids is 1. The van der Waals surface area contributed by atoms with Gasteiger partial charge in [-0.2, -0.15) is 28.6 Å². The number of nitrogens with one attached hydrogen (secondary N) is 1. The molecule has 0 aromatic carbocycles. The van der Waals surface area contributed by atoms with Gasteiger partial charge in [-0.25, -0.2) is 0 Å². The van der Waals surface area contributed by atoms with E-state index < -0.39 is 0 Å². The number of hydrogen-bond donors (Lipinski definition) is 1. The largest absolute Gasteiger partial charge is 0.356 e. The van der Waals surface area contributed by atoms with E-state index in [4.69, 9.17) is 0 Å². The maximum Gasteiger partial charge on any atom is 0.221 e. The van der Waals surface area contributed by atoms with Crippen LogP contribution in [0, 0.1) is 5.92 Å². The third-order valence-electron chi connectivity index (χ3n) is 3.00. The summed E-state index contributed by atoms with van der Waals surface area (Å²) in [6.07, 6.45) is 4.39. The number of amides is 1. The molecule has 1 N–H and O–H groups in total. The van der Waals surface area contributed by atoms with Crippen molar-refractivity contribution >= 4 is 29.4 Å². The third-order valence-corrected chi connectivity index (χ3v) is 5.85. The Bertz CT molecular complexity index is 377. The van der Waals surface area contributed by atoms with Crippen LogP contribution in [-0.2, 0) is 11.3 Å². The first kappa shape index (κ1) is 14.8. The predicted octanol–water partition coefficient (Wildman–Crippen LogP) is 1.87. The van der Waals surface area contributed by atoms with Crippen molar-refractivity contribution in [1.29, 1.82) is 0 Å². The van der Waals surface area contributed by atoms with Crippen LogP contribution in [0.15, 0.2) is 18.5 Å². The Hall–Kier alpha value is -0.620. The zero-order valence-electron chi connectivity index (χ0n) is 11.2. The minimum atomic E-state index is 0.187. The average Bonchev–Trinajstić information content (AvgIpc) is 2.90. The molecule has 1 aromatic heterocycles. The summed E-state index contributed by atoms with van der Waals surface area (Å²) in [5, 5.41) is 7.71. The zero-order chi connectivity index (χ0) is 13.5. The van der Waals surface area contributed by atoms with E-state index in [0.29, 0.717) is 17.6 Å². The molecule has 0 unspecified atom stereocenters. The highest BCUT2D eigenvalue weighted by molar-refractivity contribution is 8.06. The Morgan fingerprint density at radius 1 is 1.58 bits per heavy atom. The van der Waals surface area contributed by atoms with Crippen molar-refractivity contribution < 1.29 is 4.79 Å². The van der Waals surface area contributed by atoms with Crippen LogP contribution in [0.3, 0.4) is 0 Å². The van der Waals surface area contributed by atoms with E-state index in [1.807, 2.05) is 40.5 Å². The van der Waals surface area contributed by atoms with E-state index in [1.54, 1.807) is 6.20 Å². The molecule has 1 aliphatic rings. The number of carbonyl (C=O) groups is 1. The lowest BCUT2D eigenvalue weighted by Crippen LogP contribution is -2.32. The zero-order valence-corrected chi connectivity index (χ0v) is 12.9. The molecule has 1 aromatic rings. The van der Waals surface area contributed by atoms with Crippen LogP contribution in [0.25, 0.3) is 0 Å². The summed E-state index contributed by atoms with van der Waals surface area (Å²) in [5.74, 6) is 4.10. The molecule has 1 aliphatic heterocycles. The Morgan fingerprint density at radius 2 is 2.47 bits per heavy atom. The first-order chi connectivity index (χ1) is 9.24. The molecule has 106 valence electrons. The molecule has 2 atom stereocenters. The summed E-state index contributed by atoms with van der Waals surface area (Å²) in [4.78, 5) is 11.9. The molecular weight excluding hydrogens is 278 g/mol. The van der Waals surface area contributed by atoms with Gasteiger partial charge in [0, 0.05) is 54.4 Å². The Balaban J connectivity index is 1.62. The van der Waals surface area contributed by atoms with E-state index in [-0.39, 0.29) is 5.91 Å². The van der Waals surface area contributed by atoms with E-state index in [0.717, 1.165) is 18.8 Å². The number of aromatic nitrogens is 2. The number of rotatable bonds is 6. The van der Waals surface area contributed by atoms with Gasteiger partial charge in [0.2, 0.25) is 5.91 Å². The van der Waals surface area contributed by atoms with Gasteiger partial charge in [0.05, 0.1) is 0 Å². The normalized spacial score (nSPS) is 21.0. The van der Waals surface area contributed by atoms with Gasteiger partial charge in [-0.05, 0) is 12.0 Å². The van der Waals surface area contributed by atoms with Crippen molar-refractivity contribution in [2.75, 3.05) is 23.8 Å². The summed E-state index contributed by atoms with van der Waals surface area (Å²) >= 11 is 3.89. The molecule has 6 heteroatoms. The van der Waals surface area contributed by atoms with Gasteiger partial charge in [0.1, 0.15) is 0 Å². The minimum Gasteiger partial charge on any atom is -0.356 e. The fraction of sp³-hybridized carbons (Fsp3) is 0.692.